The molecular weight excluding hydrogens is 124 g/mol. The maximum atomic E-state index is 0. The smallest absolute Gasteiger partial charge is 0.316 e. The molecule has 0 amide bonds. The molecule has 4 heteroatoms. The van der Waals surface area contributed by atoms with Crippen LogP contribution in [0, 0.1) is 0 Å². The van der Waals surface area contributed by atoms with Crippen LogP contribution in [0.15, 0.2) is 0 Å². The molecule has 4 heavy (non-hydrogen) atoms. The molecule has 2 N–H and O–H groups in total. The van der Waals surface area contributed by atoms with E-state index in [9.17, 15) is 0 Å². The Balaban J connectivity index is 0. The SMILES string of the molecule is O.[Fe].[MgH2].[SiH4]. The Bertz CT molecular complexity index is 8.00. The molecule has 28 valence electrons. The molecule has 0 heterocycles. The summed E-state index contributed by atoms with van der Waals surface area (Å²) < 4.78 is 0. The number of hydrogen-bond donors (Lipinski definition) is 0. The summed E-state index contributed by atoms with van der Waals surface area (Å²) in [5.74, 6) is 0. The molecule has 0 saturated carbocycles. The Labute approximate surface area is 56.5 Å². The maximum Gasteiger partial charge on any atom is 0.316 e. The maximum absolute atomic E-state index is 0. The van der Waals surface area contributed by atoms with Gasteiger partial charge in [-0.2, -0.15) is 0 Å². The van der Waals surface area contributed by atoms with Crippen LogP contribution < -0.4 is 0 Å². The van der Waals surface area contributed by atoms with Crippen molar-refractivity contribution in [3.05, 3.63) is 0 Å². The second-order valence-electron chi connectivity index (χ2n) is 0. The topological polar surface area (TPSA) is 31.5 Å². The molecule has 0 unspecified atom stereocenters. The molecule has 0 aliphatic rings. The minimum absolute atomic E-state index is 0. The molecule has 0 aromatic heterocycles. The first-order chi connectivity index (χ1) is 0. The number of rotatable bonds is 0. The normalized spacial score (nSPS) is 0. The summed E-state index contributed by atoms with van der Waals surface area (Å²) in [6.07, 6.45) is 0. The van der Waals surface area contributed by atoms with Gasteiger partial charge in [-0.15, -0.1) is 0 Å². The molecule has 0 atom stereocenters. The van der Waals surface area contributed by atoms with Crippen LogP contribution in [0.3, 0.4) is 0 Å². The van der Waals surface area contributed by atoms with Gasteiger partial charge in [-0.3, -0.25) is 0 Å². The first-order valence-electron chi connectivity index (χ1n) is 0. The Hall–Kier alpha value is 1.46. The predicted molar refractivity (Wildman–Crippen MR) is 23.5 cm³/mol. The quantitative estimate of drug-likeness (QED) is 0.311. The third kappa shape index (κ3) is 9.82. The van der Waals surface area contributed by atoms with Gasteiger partial charge in [-0.1, -0.05) is 0 Å². The van der Waals surface area contributed by atoms with E-state index >= 15 is 0 Å². The molecular formula is H8FeMgOSi. The van der Waals surface area contributed by atoms with Gasteiger partial charge < -0.3 is 5.48 Å². The third-order valence-corrected chi connectivity index (χ3v) is 0. The van der Waals surface area contributed by atoms with E-state index in [1.54, 1.807) is 0 Å². The van der Waals surface area contributed by atoms with Gasteiger partial charge in [0.1, 0.15) is 0 Å². The molecule has 0 rings (SSSR count). The minimum Gasteiger partial charge on any atom is -0.412 e. The van der Waals surface area contributed by atoms with Gasteiger partial charge in [-0.05, 0) is 11.0 Å². The zero-order valence-electron chi connectivity index (χ0n) is 0.854. The zero-order valence-corrected chi connectivity index (χ0v) is 1.96. The Morgan fingerprint density at radius 3 is 1.00 bits per heavy atom. The fourth-order valence-electron chi connectivity index (χ4n) is 0. The van der Waals surface area contributed by atoms with Gasteiger partial charge in [0.05, 0.1) is 0 Å². The van der Waals surface area contributed by atoms with E-state index in [1.807, 2.05) is 0 Å². The van der Waals surface area contributed by atoms with E-state index in [-0.39, 0.29) is 56.6 Å². The summed E-state index contributed by atoms with van der Waals surface area (Å²) in [7, 11) is 0. The van der Waals surface area contributed by atoms with Gasteiger partial charge in [0.2, 0.25) is 0 Å². The summed E-state index contributed by atoms with van der Waals surface area (Å²) in [6.45, 7) is 0. The second-order valence-corrected chi connectivity index (χ2v) is 0. The van der Waals surface area contributed by atoms with Gasteiger partial charge in [-0.25, -0.2) is 0 Å². The van der Waals surface area contributed by atoms with Crippen LogP contribution in [0.5, 0.6) is 0 Å². The van der Waals surface area contributed by atoms with Crippen molar-refractivity contribution in [2.24, 2.45) is 0 Å². The molecule has 0 bridgehead atoms. The number of hydrogen-bond acceptors (Lipinski definition) is 0. The molecule has 0 aliphatic heterocycles. The second kappa shape index (κ2) is 25.0. The summed E-state index contributed by atoms with van der Waals surface area (Å²) in [6, 6.07) is 0. The molecule has 0 radical (unpaired) electrons. The van der Waals surface area contributed by atoms with Crippen molar-refractivity contribution >= 4 is 34.0 Å². The summed E-state index contributed by atoms with van der Waals surface area (Å²) in [5.41, 5.74) is 0. The third-order valence-electron chi connectivity index (χ3n) is 0. The van der Waals surface area contributed by atoms with E-state index in [0.29, 0.717) is 0 Å². The van der Waals surface area contributed by atoms with Gasteiger partial charge in [0.25, 0.3) is 0 Å². The van der Waals surface area contributed by atoms with E-state index in [0.717, 1.165) is 0 Å². The van der Waals surface area contributed by atoms with Gasteiger partial charge in [0, 0.05) is 17.1 Å². The average Bonchev–Trinajstić information content (AvgIpc) is 0. The van der Waals surface area contributed by atoms with Crippen LogP contribution in [0.2, 0.25) is 0 Å². The van der Waals surface area contributed by atoms with Crippen LogP contribution in [0.1, 0.15) is 0 Å². The summed E-state index contributed by atoms with van der Waals surface area (Å²) in [4.78, 5) is 0. The van der Waals surface area contributed by atoms with Crippen molar-refractivity contribution in [2.45, 2.75) is 0 Å². The fraction of sp³-hybridized carbons (Fsp3) is 0. The van der Waals surface area contributed by atoms with Crippen molar-refractivity contribution in [3.8, 4) is 0 Å². The molecule has 0 aromatic rings. The van der Waals surface area contributed by atoms with Crippen molar-refractivity contribution in [1.82, 2.24) is 0 Å². The Morgan fingerprint density at radius 2 is 1.00 bits per heavy atom. The van der Waals surface area contributed by atoms with E-state index in [4.69, 9.17) is 0 Å². The average molecular weight is 132 g/mol. The summed E-state index contributed by atoms with van der Waals surface area (Å²) in [5, 5.41) is 0. The molecule has 0 aromatic carbocycles. The predicted octanol–water partition coefficient (Wildman–Crippen LogP) is -3.20. The molecule has 0 saturated heterocycles. The van der Waals surface area contributed by atoms with Crippen LogP contribution in [0.25, 0.3) is 0 Å². The van der Waals surface area contributed by atoms with Crippen molar-refractivity contribution in [3.63, 3.8) is 0 Å². The summed E-state index contributed by atoms with van der Waals surface area (Å²) >= 11 is 0. The van der Waals surface area contributed by atoms with Crippen LogP contribution in [-0.2, 0) is 17.1 Å². The van der Waals surface area contributed by atoms with Crippen LogP contribution >= 0.6 is 0 Å². The van der Waals surface area contributed by atoms with Gasteiger partial charge in [0.15, 0.2) is 0 Å². The van der Waals surface area contributed by atoms with E-state index in [1.165, 1.54) is 0 Å². The van der Waals surface area contributed by atoms with Crippen molar-refractivity contribution < 1.29 is 22.5 Å². The minimum atomic E-state index is 0. The molecule has 1 nitrogen and oxygen atoms in total. The monoisotopic (exact) mass is 132 g/mol. The Morgan fingerprint density at radius 1 is 1.00 bits per heavy atom. The zero-order chi connectivity index (χ0) is 0. The Kier molecular flexibility index (Phi) is 318. The van der Waals surface area contributed by atoms with Gasteiger partial charge >= 0.3 is 23.1 Å². The van der Waals surface area contributed by atoms with E-state index < -0.39 is 0 Å². The first kappa shape index (κ1) is 50.9. The standard InChI is InChI=1S/Fe.Mg.H2O.H4Si.2H/h;;1H2;1H4;;. The first-order valence-corrected chi connectivity index (χ1v) is 0. The van der Waals surface area contributed by atoms with Crippen molar-refractivity contribution in [2.75, 3.05) is 0 Å². The van der Waals surface area contributed by atoms with Crippen molar-refractivity contribution in [1.29, 1.82) is 0 Å². The molecule has 0 spiro atoms. The fourth-order valence-corrected chi connectivity index (χ4v) is 0. The molecule has 0 fully saturated rings. The largest absolute Gasteiger partial charge is 0.412 e. The molecule has 0 aliphatic carbocycles. The van der Waals surface area contributed by atoms with Crippen LogP contribution in [0.4, 0.5) is 0 Å². The van der Waals surface area contributed by atoms with E-state index in [2.05, 4.69) is 0 Å². The van der Waals surface area contributed by atoms with Crippen LogP contribution in [-0.4, -0.2) is 39.5 Å².